The standard InChI is InChI=1S/C74H50N2/c1-3-21-53(22-4-1)73(67-32-13-7-26-61(67)62-27-8-14-33-68(62)73)55-40-46-58(47-41-55)75(57-44-38-51(39-45-57)52-20-19-25-60(50-52)76-71-36-17-11-30-65(71)66-31-12-18-37-72(66)76)59-48-42-56(43-49-59)74(54-23-5-2-6-24-54)69-34-15-9-28-63(69)64-29-10-16-35-70(64)74/h1-50H. The highest BCUT2D eigenvalue weighted by Crippen LogP contribution is 2.58. The number of aromatic nitrogens is 1. The minimum Gasteiger partial charge on any atom is -0.311 e. The van der Waals surface area contributed by atoms with Crippen LogP contribution in [0.2, 0.25) is 0 Å². The molecule has 2 heteroatoms. The van der Waals surface area contributed by atoms with Crippen LogP contribution in [0, 0.1) is 0 Å². The fourth-order valence-electron chi connectivity index (χ4n) is 13.4. The first-order valence-electron chi connectivity index (χ1n) is 26.4. The third-order valence-corrected chi connectivity index (χ3v) is 16.6. The maximum absolute atomic E-state index is 2.42. The van der Waals surface area contributed by atoms with E-state index in [0.717, 1.165) is 33.9 Å². The Hall–Kier alpha value is -9.76. The SMILES string of the molecule is c1ccc(C2(c3ccc(N(c4ccc(-c5cccc(-n6c7ccccc7c7ccccc76)c5)cc4)c4ccc(C5(c6ccccc6)c6ccccc6-c6ccccc65)cc4)cc3)c3ccccc3-c3ccccc32)cc1. The number of hydrogen-bond donors (Lipinski definition) is 0. The summed E-state index contributed by atoms with van der Waals surface area (Å²) in [6.45, 7) is 0. The lowest BCUT2D eigenvalue weighted by molar-refractivity contribution is 0.768. The maximum atomic E-state index is 2.42. The number of hydrogen-bond acceptors (Lipinski definition) is 1. The summed E-state index contributed by atoms with van der Waals surface area (Å²) in [7, 11) is 0. The van der Waals surface area contributed by atoms with E-state index in [0.29, 0.717) is 0 Å². The first-order valence-corrected chi connectivity index (χ1v) is 26.4. The van der Waals surface area contributed by atoms with Crippen molar-refractivity contribution in [3.8, 4) is 39.1 Å². The van der Waals surface area contributed by atoms with Crippen LogP contribution in [-0.2, 0) is 10.8 Å². The predicted molar refractivity (Wildman–Crippen MR) is 316 cm³/mol. The average molecular weight is 967 g/mol. The largest absolute Gasteiger partial charge is 0.311 e. The van der Waals surface area contributed by atoms with Crippen molar-refractivity contribution in [2.24, 2.45) is 0 Å². The van der Waals surface area contributed by atoms with Crippen LogP contribution >= 0.6 is 0 Å². The van der Waals surface area contributed by atoms with Crippen molar-refractivity contribution in [3.05, 3.63) is 348 Å². The van der Waals surface area contributed by atoms with E-state index in [1.54, 1.807) is 0 Å². The molecular formula is C74H50N2. The summed E-state index contributed by atoms with van der Waals surface area (Å²) < 4.78 is 2.40. The van der Waals surface area contributed by atoms with Crippen LogP contribution in [0.3, 0.4) is 0 Å². The van der Waals surface area contributed by atoms with Crippen molar-refractivity contribution in [2.45, 2.75) is 10.8 Å². The molecular weight excluding hydrogens is 917 g/mol. The molecule has 2 nitrogen and oxygen atoms in total. The fourth-order valence-corrected chi connectivity index (χ4v) is 13.4. The second kappa shape index (κ2) is 17.4. The van der Waals surface area contributed by atoms with Gasteiger partial charge in [-0.15, -0.1) is 0 Å². The van der Waals surface area contributed by atoms with Crippen molar-refractivity contribution in [2.75, 3.05) is 4.90 Å². The molecule has 2 aliphatic carbocycles. The number of para-hydroxylation sites is 2. The van der Waals surface area contributed by atoms with Crippen LogP contribution in [0.5, 0.6) is 0 Å². The van der Waals surface area contributed by atoms with Gasteiger partial charge in [-0.2, -0.15) is 0 Å². The van der Waals surface area contributed by atoms with Crippen LogP contribution in [0.4, 0.5) is 17.1 Å². The molecule has 0 aliphatic heterocycles. The van der Waals surface area contributed by atoms with Gasteiger partial charge in [0.25, 0.3) is 0 Å². The van der Waals surface area contributed by atoms with Crippen LogP contribution in [0.25, 0.3) is 60.9 Å². The van der Waals surface area contributed by atoms with Gasteiger partial charge in [0.05, 0.1) is 21.9 Å². The third kappa shape index (κ3) is 6.41. The lowest BCUT2D eigenvalue weighted by atomic mass is 9.67. The molecule has 0 saturated carbocycles. The third-order valence-electron chi connectivity index (χ3n) is 16.6. The molecule has 0 saturated heterocycles. The summed E-state index contributed by atoms with van der Waals surface area (Å²) in [5.74, 6) is 0. The predicted octanol–water partition coefficient (Wildman–Crippen LogP) is 18.6. The summed E-state index contributed by atoms with van der Waals surface area (Å²) in [5.41, 5.74) is 23.5. The van der Waals surface area contributed by atoms with Crippen LogP contribution in [0.1, 0.15) is 44.5 Å². The molecule has 12 aromatic carbocycles. The highest BCUT2D eigenvalue weighted by molar-refractivity contribution is 6.09. The summed E-state index contributed by atoms with van der Waals surface area (Å²) in [4.78, 5) is 2.42. The zero-order valence-corrected chi connectivity index (χ0v) is 41.8. The highest BCUT2D eigenvalue weighted by Gasteiger charge is 2.47. The Kier molecular flexibility index (Phi) is 10.0. The monoisotopic (exact) mass is 966 g/mol. The van der Waals surface area contributed by atoms with E-state index in [1.165, 1.54) is 88.6 Å². The summed E-state index contributed by atoms with van der Waals surface area (Å²) in [6.07, 6.45) is 0. The molecule has 15 rings (SSSR count). The van der Waals surface area contributed by atoms with E-state index >= 15 is 0 Å². The van der Waals surface area contributed by atoms with E-state index < -0.39 is 10.8 Å². The smallest absolute Gasteiger partial charge is 0.0713 e. The number of nitrogens with zero attached hydrogens (tertiary/aromatic N) is 2. The second-order valence-corrected chi connectivity index (χ2v) is 20.3. The Labute approximate surface area is 443 Å². The minimum atomic E-state index is -0.492. The number of fused-ring (bicyclic) bond motifs is 9. The topological polar surface area (TPSA) is 8.17 Å². The van der Waals surface area contributed by atoms with Gasteiger partial charge >= 0.3 is 0 Å². The van der Waals surface area contributed by atoms with Crippen molar-refractivity contribution in [1.82, 2.24) is 4.57 Å². The molecule has 0 radical (unpaired) electrons. The Bertz CT molecular complexity index is 3990. The zero-order chi connectivity index (χ0) is 50.2. The Morgan fingerprint density at radius 3 is 1.01 bits per heavy atom. The molecule has 76 heavy (non-hydrogen) atoms. The summed E-state index contributed by atoms with van der Waals surface area (Å²) in [5, 5.41) is 2.52. The summed E-state index contributed by atoms with van der Waals surface area (Å²) in [6, 6.07) is 112. The van der Waals surface area contributed by atoms with E-state index in [-0.39, 0.29) is 0 Å². The number of anilines is 3. The average Bonchev–Trinajstić information content (AvgIpc) is 4.14. The van der Waals surface area contributed by atoms with E-state index in [9.17, 15) is 0 Å². The first kappa shape index (κ1) is 43.8. The Balaban J connectivity index is 0.878. The van der Waals surface area contributed by atoms with Gasteiger partial charge in [-0.3, -0.25) is 0 Å². The Morgan fingerprint density at radius 2 is 0.592 bits per heavy atom. The van der Waals surface area contributed by atoms with Crippen molar-refractivity contribution in [1.29, 1.82) is 0 Å². The molecule has 0 amide bonds. The molecule has 0 bridgehead atoms. The van der Waals surface area contributed by atoms with E-state index in [4.69, 9.17) is 0 Å². The van der Waals surface area contributed by atoms with Gasteiger partial charge < -0.3 is 9.47 Å². The second-order valence-electron chi connectivity index (χ2n) is 20.3. The van der Waals surface area contributed by atoms with Crippen LogP contribution in [-0.4, -0.2) is 4.57 Å². The number of rotatable bonds is 9. The lowest BCUT2D eigenvalue weighted by Gasteiger charge is -2.35. The fraction of sp³-hybridized carbons (Fsp3) is 0.0270. The van der Waals surface area contributed by atoms with E-state index in [2.05, 4.69) is 313 Å². The normalized spacial score (nSPS) is 13.5. The molecule has 0 fully saturated rings. The van der Waals surface area contributed by atoms with Gasteiger partial charge in [-0.1, -0.05) is 243 Å². The van der Waals surface area contributed by atoms with Crippen LogP contribution < -0.4 is 4.90 Å². The van der Waals surface area contributed by atoms with Crippen molar-refractivity contribution >= 4 is 38.9 Å². The van der Waals surface area contributed by atoms with Crippen molar-refractivity contribution < 1.29 is 0 Å². The molecule has 2 aliphatic rings. The zero-order valence-electron chi connectivity index (χ0n) is 41.8. The molecule has 13 aromatic rings. The van der Waals surface area contributed by atoms with Gasteiger partial charge in [-0.05, 0) is 139 Å². The molecule has 0 N–H and O–H groups in total. The molecule has 1 aromatic heterocycles. The maximum Gasteiger partial charge on any atom is 0.0713 e. The van der Waals surface area contributed by atoms with Gasteiger partial charge in [0, 0.05) is 33.5 Å². The summed E-state index contributed by atoms with van der Waals surface area (Å²) >= 11 is 0. The highest BCUT2D eigenvalue weighted by atomic mass is 15.1. The van der Waals surface area contributed by atoms with E-state index in [1.807, 2.05) is 0 Å². The molecule has 0 unspecified atom stereocenters. The molecule has 1 heterocycles. The lowest BCUT2D eigenvalue weighted by Crippen LogP contribution is -2.28. The molecule has 0 atom stereocenters. The molecule has 0 spiro atoms. The number of benzene rings is 12. The molecule has 356 valence electrons. The van der Waals surface area contributed by atoms with Gasteiger partial charge in [0.2, 0.25) is 0 Å². The van der Waals surface area contributed by atoms with Gasteiger partial charge in [0.15, 0.2) is 0 Å². The minimum absolute atomic E-state index is 0.492. The quantitative estimate of drug-likeness (QED) is 0.140. The van der Waals surface area contributed by atoms with Crippen molar-refractivity contribution in [3.63, 3.8) is 0 Å². The van der Waals surface area contributed by atoms with Gasteiger partial charge in [-0.25, -0.2) is 0 Å². The van der Waals surface area contributed by atoms with Crippen LogP contribution in [0.15, 0.2) is 303 Å². The Morgan fingerprint density at radius 1 is 0.250 bits per heavy atom. The first-order chi connectivity index (χ1) is 37.7. The van der Waals surface area contributed by atoms with Gasteiger partial charge in [0.1, 0.15) is 0 Å².